The average Bonchev–Trinajstić information content (AvgIpc) is 2.14. The molecule has 50 valence electrons. The Morgan fingerprint density at radius 3 is 2.89 bits per heavy atom. The van der Waals surface area contributed by atoms with Crippen LogP contribution in [0.25, 0.3) is 0 Å². The molecule has 2 unspecified atom stereocenters. The topological polar surface area (TPSA) is 56.9 Å². The Morgan fingerprint density at radius 2 is 2.67 bits per heavy atom. The molecule has 0 bridgehead atoms. The second-order valence-corrected chi connectivity index (χ2v) is 2.08. The molecule has 0 spiro atoms. The SMILES string of the molecule is CC(=O)C1C[NH+]([O-])C=N1. The van der Waals surface area contributed by atoms with Crippen LogP contribution in [-0.4, -0.2) is 24.7 Å². The van der Waals surface area contributed by atoms with Crippen LogP contribution in [-0.2, 0) is 4.79 Å². The third-order valence-corrected chi connectivity index (χ3v) is 1.26. The van der Waals surface area contributed by atoms with Gasteiger partial charge in [0.05, 0.1) is 0 Å². The van der Waals surface area contributed by atoms with E-state index in [-0.39, 0.29) is 23.4 Å². The summed E-state index contributed by atoms with van der Waals surface area (Å²) in [5.41, 5.74) is 0. The van der Waals surface area contributed by atoms with Gasteiger partial charge in [0.2, 0.25) is 0 Å². The fourth-order valence-electron chi connectivity index (χ4n) is 0.718. The molecule has 1 aliphatic heterocycles. The summed E-state index contributed by atoms with van der Waals surface area (Å²) in [5.74, 6) is -0.0305. The van der Waals surface area contributed by atoms with Crippen LogP contribution in [0.1, 0.15) is 6.92 Å². The number of hydroxylamine groups is 2. The van der Waals surface area contributed by atoms with Gasteiger partial charge in [0.15, 0.2) is 18.2 Å². The first-order chi connectivity index (χ1) is 4.20. The third kappa shape index (κ3) is 1.34. The Labute approximate surface area is 52.8 Å². The molecule has 0 aromatic heterocycles. The van der Waals surface area contributed by atoms with Crippen molar-refractivity contribution in [2.45, 2.75) is 13.0 Å². The van der Waals surface area contributed by atoms with Crippen molar-refractivity contribution >= 4 is 12.1 Å². The number of nitrogens with one attached hydrogen (secondary N) is 1. The summed E-state index contributed by atoms with van der Waals surface area (Å²) < 4.78 is 0. The zero-order valence-electron chi connectivity index (χ0n) is 5.13. The highest BCUT2D eigenvalue weighted by molar-refractivity contribution is 5.83. The Morgan fingerprint density at radius 1 is 2.00 bits per heavy atom. The van der Waals surface area contributed by atoms with Gasteiger partial charge in [0.1, 0.15) is 6.54 Å². The molecule has 0 saturated carbocycles. The monoisotopic (exact) mass is 128 g/mol. The smallest absolute Gasteiger partial charge is 0.184 e. The van der Waals surface area contributed by atoms with Gasteiger partial charge < -0.3 is 10.3 Å². The lowest BCUT2D eigenvalue weighted by atomic mass is 10.2. The minimum atomic E-state index is -0.377. The van der Waals surface area contributed by atoms with Crippen LogP contribution >= 0.6 is 0 Å². The van der Waals surface area contributed by atoms with E-state index in [9.17, 15) is 10.0 Å². The van der Waals surface area contributed by atoms with Crippen molar-refractivity contribution in [1.29, 1.82) is 0 Å². The summed E-state index contributed by atoms with van der Waals surface area (Å²) in [6, 6.07) is -0.377. The fourth-order valence-corrected chi connectivity index (χ4v) is 0.718. The van der Waals surface area contributed by atoms with Crippen LogP contribution in [0.15, 0.2) is 4.99 Å². The molecule has 0 amide bonds. The van der Waals surface area contributed by atoms with Gasteiger partial charge >= 0.3 is 0 Å². The first-order valence-corrected chi connectivity index (χ1v) is 2.76. The average molecular weight is 128 g/mol. The molecule has 0 aliphatic carbocycles. The Kier molecular flexibility index (Phi) is 1.59. The molecule has 1 rings (SSSR count). The highest BCUT2D eigenvalue weighted by atomic mass is 16.5. The number of rotatable bonds is 1. The second kappa shape index (κ2) is 2.24. The van der Waals surface area contributed by atoms with Crippen LogP contribution in [0, 0.1) is 5.21 Å². The summed E-state index contributed by atoms with van der Waals surface area (Å²) in [4.78, 5) is 14.2. The van der Waals surface area contributed by atoms with Gasteiger partial charge in [0, 0.05) is 0 Å². The molecule has 1 aliphatic rings. The first kappa shape index (κ1) is 6.38. The lowest BCUT2D eigenvalue weighted by Crippen LogP contribution is -3.05. The van der Waals surface area contributed by atoms with Crippen molar-refractivity contribution in [3.05, 3.63) is 5.21 Å². The molecule has 0 aromatic rings. The Balaban J connectivity index is 2.50. The maximum absolute atomic E-state index is 10.5. The third-order valence-electron chi connectivity index (χ3n) is 1.26. The van der Waals surface area contributed by atoms with E-state index in [2.05, 4.69) is 4.99 Å². The van der Waals surface area contributed by atoms with Crippen LogP contribution in [0.5, 0.6) is 0 Å². The maximum Gasteiger partial charge on any atom is 0.184 e. The standard InChI is InChI=1S/C5H8N2O2/c1-4(8)5-2-7(9)3-6-5/h3,5,7H,2H2,1H3. The van der Waals surface area contributed by atoms with Gasteiger partial charge in [-0.1, -0.05) is 0 Å². The van der Waals surface area contributed by atoms with Crippen molar-refractivity contribution in [1.82, 2.24) is 0 Å². The molecule has 0 saturated heterocycles. The van der Waals surface area contributed by atoms with Crippen molar-refractivity contribution in [2.75, 3.05) is 6.54 Å². The molecular weight excluding hydrogens is 120 g/mol. The van der Waals surface area contributed by atoms with E-state index in [1.807, 2.05) is 0 Å². The Hall–Kier alpha value is -0.740. The lowest BCUT2D eigenvalue weighted by Gasteiger charge is -2.09. The van der Waals surface area contributed by atoms with E-state index in [1.54, 1.807) is 0 Å². The molecule has 1 N–H and O–H groups in total. The zero-order valence-corrected chi connectivity index (χ0v) is 5.13. The largest absolute Gasteiger partial charge is 0.628 e. The van der Waals surface area contributed by atoms with Gasteiger partial charge in [-0.15, -0.1) is 0 Å². The molecule has 9 heavy (non-hydrogen) atoms. The van der Waals surface area contributed by atoms with Gasteiger partial charge in [0.25, 0.3) is 0 Å². The predicted octanol–water partition coefficient (Wildman–Crippen LogP) is -1.63. The van der Waals surface area contributed by atoms with E-state index in [4.69, 9.17) is 0 Å². The van der Waals surface area contributed by atoms with Gasteiger partial charge in [-0.05, 0) is 6.92 Å². The van der Waals surface area contributed by atoms with E-state index in [1.165, 1.54) is 13.3 Å². The molecule has 0 fully saturated rings. The van der Waals surface area contributed by atoms with Crippen LogP contribution in [0.3, 0.4) is 0 Å². The van der Waals surface area contributed by atoms with Gasteiger partial charge in [-0.25, -0.2) is 4.99 Å². The van der Waals surface area contributed by atoms with Crippen molar-refractivity contribution < 1.29 is 9.86 Å². The predicted molar refractivity (Wildman–Crippen MR) is 32.2 cm³/mol. The van der Waals surface area contributed by atoms with E-state index < -0.39 is 0 Å². The van der Waals surface area contributed by atoms with Gasteiger partial charge in [-0.2, -0.15) is 0 Å². The highest BCUT2D eigenvalue weighted by Crippen LogP contribution is 1.90. The van der Waals surface area contributed by atoms with Gasteiger partial charge in [-0.3, -0.25) is 4.79 Å². The summed E-state index contributed by atoms with van der Waals surface area (Å²) in [6.45, 7) is 1.72. The molecule has 4 nitrogen and oxygen atoms in total. The number of carbonyl (C=O) groups is 1. The molecule has 2 atom stereocenters. The Bertz CT molecular complexity index is 155. The number of Topliss-reactive ketones (excluding diaryl/α,β-unsaturated/α-hetero) is 1. The summed E-state index contributed by atoms with van der Waals surface area (Å²) >= 11 is 0. The first-order valence-electron chi connectivity index (χ1n) is 2.76. The lowest BCUT2D eigenvalue weighted by molar-refractivity contribution is -0.733. The second-order valence-electron chi connectivity index (χ2n) is 2.08. The zero-order chi connectivity index (χ0) is 6.85. The minimum Gasteiger partial charge on any atom is -0.628 e. The molecule has 4 heteroatoms. The fraction of sp³-hybridized carbons (Fsp3) is 0.600. The number of hydrogen-bond acceptors (Lipinski definition) is 3. The minimum absolute atomic E-state index is 0.0305. The van der Waals surface area contributed by atoms with E-state index in [0.717, 1.165) is 0 Å². The molecular formula is C5H8N2O2. The summed E-state index contributed by atoms with van der Waals surface area (Å²) in [5, 5.41) is 10.4. The quantitative estimate of drug-likeness (QED) is 0.431. The number of aliphatic imine (C=N–C) groups is 1. The van der Waals surface area contributed by atoms with Crippen molar-refractivity contribution in [2.24, 2.45) is 4.99 Å². The molecule has 1 heterocycles. The van der Waals surface area contributed by atoms with Crippen molar-refractivity contribution in [3.63, 3.8) is 0 Å². The van der Waals surface area contributed by atoms with Crippen molar-refractivity contribution in [3.8, 4) is 0 Å². The summed E-state index contributed by atoms with van der Waals surface area (Å²) in [7, 11) is 0. The molecule has 0 aromatic carbocycles. The summed E-state index contributed by atoms with van der Waals surface area (Å²) in [6.07, 6.45) is 1.23. The number of ketones is 1. The number of carbonyl (C=O) groups excluding carboxylic acids is 1. The van der Waals surface area contributed by atoms with Crippen LogP contribution in [0.4, 0.5) is 0 Å². The molecule has 0 radical (unpaired) electrons. The number of hydrogen-bond donors (Lipinski definition) is 1. The number of nitrogens with zero attached hydrogens (tertiary/aromatic N) is 1. The van der Waals surface area contributed by atoms with E-state index in [0.29, 0.717) is 0 Å². The number of quaternary nitrogens is 1. The van der Waals surface area contributed by atoms with E-state index >= 15 is 0 Å². The van der Waals surface area contributed by atoms with Crippen LogP contribution in [0.2, 0.25) is 0 Å². The normalized spacial score (nSPS) is 33.1. The van der Waals surface area contributed by atoms with Crippen LogP contribution < -0.4 is 5.06 Å². The highest BCUT2D eigenvalue weighted by Gasteiger charge is 2.20. The maximum atomic E-state index is 10.5.